The molecule has 4 nitrogen and oxygen atoms in total. The summed E-state index contributed by atoms with van der Waals surface area (Å²) < 4.78 is 0. The second kappa shape index (κ2) is 7.83. The van der Waals surface area contributed by atoms with Gasteiger partial charge < -0.3 is 0 Å². The van der Waals surface area contributed by atoms with E-state index in [4.69, 9.17) is 23.2 Å². The zero-order valence-electron chi connectivity index (χ0n) is 13.4. The maximum atomic E-state index is 12.3. The van der Waals surface area contributed by atoms with E-state index in [1.54, 1.807) is 18.2 Å². The molecule has 128 valence electrons. The smallest absolute Gasteiger partial charge is 0.259 e. The van der Waals surface area contributed by atoms with Crippen LogP contribution in [-0.4, -0.2) is 28.9 Å². The van der Waals surface area contributed by atoms with Crippen molar-refractivity contribution in [1.29, 1.82) is 0 Å². The van der Waals surface area contributed by atoms with E-state index in [-0.39, 0.29) is 10.9 Å². The Hall–Kier alpha value is -1.14. The number of nitrogens with one attached hydrogen (secondary N) is 1. The number of likely N-dealkylation sites (tertiary alicyclic amines) is 1. The second-order valence-electron chi connectivity index (χ2n) is 6.18. The first-order chi connectivity index (χ1) is 11.5. The summed E-state index contributed by atoms with van der Waals surface area (Å²) in [6.07, 6.45) is 2.54. The van der Waals surface area contributed by atoms with Crippen LogP contribution in [0.25, 0.3) is 0 Å². The van der Waals surface area contributed by atoms with Gasteiger partial charge in [-0.2, -0.15) is 0 Å². The molecule has 1 N–H and O–H groups in total. The van der Waals surface area contributed by atoms with Gasteiger partial charge in [-0.3, -0.25) is 15.0 Å². The van der Waals surface area contributed by atoms with Crippen molar-refractivity contribution in [1.82, 2.24) is 9.88 Å². The predicted molar refractivity (Wildman–Crippen MR) is 100 cm³/mol. The average molecular weight is 384 g/mol. The number of carbonyl (C=O) groups excluding carboxylic acids is 1. The lowest BCUT2D eigenvalue weighted by atomic mass is 10.0. The van der Waals surface area contributed by atoms with Crippen molar-refractivity contribution >= 4 is 45.6 Å². The molecule has 1 aromatic carbocycles. The van der Waals surface area contributed by atoms with Crippen LogP contribution >= 0.6 is 34.5 Å². The van der Waals surface area contributed by atoms with Gasteiger partial charge in [-0.05, 0) is 37.4 Å². The number of thiazole rings is 1. The number of halogens is 2. The molecule has 3 rings (SSSR count). The number of piperidine rings is 1. The van der Waals surface area contributed by atoms with Crippen molar-refractivity contribution in [2.24, 2.45) is 5.92 Å². The van der Waals surface area contributed by atoms with Gasteiger partial charge in [-0.25, -0.2) is 4.98 Å². The molecule has 0 unspecified atom stereocenters. The SMILES string of the molecule is C[C@@H]1CCCN(Cc2csc(NC(=O)c3cccc(Cl)c3Cl)n2)C1. The molecule has 0 aliphatic carbocycles. The lowest BCUT2D eigenvalue weighted by molar-refractivity contribution is 0.102. The third-order valence-corrected chi connectivity index (χ3v) is 5.72. The van der Waals surface area contributed by atoms with E-state index in [2.05, 4.69) is 22.1 Å². The Kier molecular flexibility index (Phi) is 5.76. The van der Waals surface area contributed by atoms with Crippen molar-refractivity contribution in [2.75, 3.05) is 18.4 Å². The number of amides is 1. The Balaban J connectivity index is 1.63. The molecule has 1 atom stereocenters. The van der Waals surface area contributed by atoms with Gasteiger partial charge in [0.15, 0.2) is 5.13 Å². The average Bonchev–Trinajstić information content (AvgIpc) is 2.97. The molecular weight excluding hydrogens is 365 g/mol. The number of hydrogen-bond donors (Lipinski definition) is 1. The van der Waals surface area contributed by atoms with E-state index >= 15 is 0 Å². The van der Waals surface area contributed by atoms with E-state index in [0.29, 0.717) is 15.7 Å². The molecule has 2 aromatic rings. The summed E-state index contributed by atoms with van der Waals surface area (Å²) in [6.45, 7) is 5.33. The normalized spacial score (nSPS) is 18.5. The summed E-state index contributed by atoms with van der Waals surface area (Å²) in [6, 6.07) is 5.00. The Morgan fingerprint density at radius 2 is 2.29 bits per heavy atom. The topological polar surface area (TPSA) is 45.2 Å². The maximum absolute atomic E-state index is 12.3. The summed E-state index contributed by atoms with van der Waals surface area (Å²) in [5.41, 5.74) is 1.34. The van der Waals surface area contributed by atoms with Gasteiger partial charge >= 0.3 is 0 Å². The van der Waals surface area contributed by atoms with Crippen LogP contribution in [0.5, 0.6) is 0 Å². The van der Waals surface area contributed by atoms with Gasteiger partial charge in [0.25, 0.3) is 5.91 Å². The molecule has 7 heteroatoms. The lowest BCUT2D eigenvalue weighted by Gasteiger charge is -2.30. The van der Waals surface area contributed by atoms with Gasteiger partial charge in [0.2, 0.25) is 0 Å². The zero-order chi connectivity index (χ0) is 17.1. The zero-order valence-corrected chi connectivity index (χ0v) is 15.7. The monoisotopic (exact) mass is 383 g/mol. The lowest BCUT2D eigenvalue weighted by Crippen LogP contribution is -2.33. The maximum Gasteiger partial charge on any atom is 0.259 e. The summed E-state index contributed by atoms with van der Waals surface area (Å²) in [4.78, 5) is 19.3. The minimum Gasteiger partial charge on any atom is -0.298 e. The molecule has 2 heterocycles. The summed E-state index contributed by atoms with van der Waals surface area (Å²) in [7, 11) is 0. The van der Waals surface area contributed by atoms with Gasteiger partial charge in [0.05, 0.1) is 21.3 Å². The highest BCUT2D eigenvalue weighted by molar-refractivity contribution is 7.14. The van der Waals surface area contributed by atoms with Crippen LogP contribution in [-0.2, 0) is 6.54 Å². The molecular formula is C17H19Cl2N3OS. The Morgan fingerprint density at radius 1 is 1.46 bits per heavy atom. The fraction of sp³-hybridized carbons (Fsp3) is 0.412. The standard InChI is InChI=1S/C17H19Cl2N3OS/c1-11-4-3-7-22(8-11)9-12-10-24-17(20-12)21-16(23)13-5-2-6-14(18)15(13)19/h2,5-6,10-11H,3-4,7-9H2,1H3,(H,20,21,23)/t11-/m1/s1. The predicted octanol–water partition coefficient (Wildman–Crippen LogP) is 4.93. The summed E-state index contributed by atoms with van der Waals surface area (Å²) >= 11 is 13.5. The number of aromatic nitrogens is 1. The van der Waals surface area contributed by atoms with Crippen LogP contribution in [0.1, 0.15) is 35.8 Å². The minimum absolute atomic E-state index is 0.260. The van der Waals surface area contributed by atoms with Crippen molar-refractivity contribution < 1.29 is 4.79 Å². The van der Waals surface area contributed by atoms with E-state index in [9.17, 15) is 4.79 Å². The Labute approximate surface area is 155 Å². The van der Waals surface area contributed by atoms with Crippen LogP contribution in [0.2, 0.25) is 10.0 Å². The van der Waals surface area contributed by atoms with E-state index in [1.807, 2.05) is 5.38 Å². The minimum atomic E-state index is -0.296. The van der Waals surface area contributed by atoms with Crippen molar-refractivity contribution in [3.8, 4) is 0 Å². The summed E-state index contributed by atoms with van der Waals surface area (Å²) in [5, 5.41) is 6.00. The molecule has 1 amide bonds. The highest BCUT2D eigenvalue weighted by Gasteiger charge is 2.18. The van der Waals surface area contributed by atoms with E-state index in [1.165, 1.54) is 24.2 Å². The van der Waals surface area contributed by atoms with Gasteiger partial charge in [0, 0.05) is 18.5 Å². The molecule has 1 aliphatic rings. The number of rotatable bonds is 4. The Bertz CT molecular complexity index is 734. The first-order valence-electron chi connectivity index (χ1n) is 7.95. The summed E-state index contributed by atoms with van der Waals surface area (Å²) in [5.74, 6) is 0.441. The van der Waals surface area contributed by atoms with Gasteiger partial charge in [0.1, 0.15) is 0 Å². The van der Waals surface area contributed by atoms with Crippen LogP contribution in [0, 0.1) is 5.92 Å². The van der Waals surface area contributed by atoms with Crippen LogP contribution in [0.15, 0.2) is 23.6 Å². The highest BCUT2D eigenvalue weighted by atomic mass is 35.5. The molecule has 0 radical (unpaired) electrons. The number of benzene rings is 1. The van der Waals surface area contributed by atoms with Crippen LogP contribution in [0.4, 0.5) is 5.13 Å². The highest BCUT2D eigenvalue weighted by Crippen LogP contribution is 2.27. The fourth-order valence-corrected chi connectivity index (χ4v) is 4.02. The van der Waals surface area contributed by atoms with Crippen LogP contribution in [0.3, 0.4) is 0 Å². The first-order valence-corrected chi connectivity index (χ1v) is 9.58. The van der Waals surface area contributed by atoms with Crippen molar-refractivity contribution in [2.45, 2.75) is 26.3 Å². The number of hydrogen-bond acceptors (Lipinski definition) is 4. The third-order valence-electron chi connectivity index (χ3n) is 4.10. The number of carbonyl (C=O) groups is 1. The molecule has 1 fully saturated rings. The molecule has 0 spiro atoms. The van der Waals surface area contributed by atoms with Gasteiger partial charge in [-0.1, -0.05) is 36.2 Å². The van der Waals surface area contributed by atoms with Crippen molar-refractivity contribution in [3.63, 3.8) is 0 Å². The third kappa shape index (κ3) is 4.28. The van der Waals surface area contributed by atoms with E-state index < -0.39 is 0 Å². The number of nitrogens with zero attached hydrogens (tertiary/aromatic N) is 2. The molecule has 1 aromatic heterocycles. The molecule has 1 saturated heterocycles. The molecule has 0 saturated carbocycles. The van der Waals surface area contributed by atoms with Crippen molar-refractivity contribution in [3.05, 3.63) is 44.9 Å². The van der Waals surface area contributed by atoms with Crippen LogP contribution < -0.4 is 5.32 Å². The fourth-order valence-electron chi connectivity index (χ4n) is 2.94. The molecule has 24 heavy (non-hydrogen) atoms. The van der Waals surface area contributed by atoms with Gasteiger partial charge in [-0.15, -0.1) is 11.3 Å². The molecule has 0 bridgehead atoms. The van der Waals surface area contributed by atoms with E-state index in [0.717, 1.165) is 31.2 Å². The second-order valence-corrected chi connectivity index (χ2v) is 7.83. The molecule has 1 aliphatic heterocycles. The largest absolute Gasteiger partial charge is 0.298 e. The Morgan fingerprint density at radius 3 is 3.08 bits per heavy atom. The first kappa shape index (κ1) is 17.7. The quantitative estimate of drug-likeness (QED) is 0.813. The number of anilines is 1.